The lowest BCUT2D eigenvalue weighted by molar-refractivity contribution is -0.140. The van der Waals surface area contributed by atoms with Crippen molar-refractivity contribution in [2.75, 3.05) is 26.7 Å². The van der Waals surface area contributed by atoms with Crippen molar-refractivity contribution < 1.29 is 9.90 Å². The smallest absolute Gasteiger partial charge is 0.322 e. The third-order valence-corrected chi connectivity index (χ3v) is 3.27. The molecule has 1 saturated heterocycles. The van der Waals surface area contributed by atoms with Crippen LogP contribution in [0.5, 0.6) is 0 Å². The number of likely N-dealkylation sites (N-methyl/N-ethyl adjacent to an activating group) is 1. The van der Waals surface area contributed by atoms with Gasteiger partial charge in [-0.15, -0.1) is 0 Å². The summed E-state index contributed by atoms with van der Waals surface area (Å²) in [6, 6.07) is -0.430. The van der Waals surface area contributed by atoms with Crippen LogP contribution in [0.2, 0.25) is 0 Å². The first-order valence-electron chi connectivity index (χ1n) is 5.79. The highest BCUT2D eigenvalue weighted by Gasteiger charge is 2.23. The summed E-state index contributed by atoms with van der Waals surface area (Å²) in [6.07, 6.45) is 3.70. The summed E-state index contributed by atoms with van der Waals surface area (Å²) < 4.78 is 0. The van der Waals surface area contributed by atoms with Crippen LogP contribution in [0.25, 0.3) is 0 Å². The lowest BCUT2D eigenvalue weighted by Crippen LogP contribution is -2.47. The molecule has 0 spiro atoms. The molecule has 1 rings (SSSR count). The second-order valence-corrected chi connectivity index (χ2v) is 4.36. The molecule has 4 nitrogen and oxygen atoms in total. The van der Waals surface area contributed by atoms with E-state index >= 15 is 0 Å². The molecule has 1 heterocycles. The third kappa shape index (κ3) is 3.80. The van der Waals surface area contributed by atoms with Crippen LogP contribution in [-0.2, 0) is 4.79 Å². The van der Waals surface area contributed by atoms with Crippen molar-refractivity contribution in [3.05, 3.63) is 0 Å². The minimum atomic E-state index is -0.754. The number of piperidine rings is 1. The first-order valence-corrected chi connectivity index (χ1v) is 5.79. The van der Waals surface area contributed by atoms with E-state index in [2.05, 4.69) is 17.1 Å². The monoisotopic (exact) mass is 214 g/mol. The summed E-state index contributed by atoms with van der Waals surface area (Å²) in [7, 11) is 1.71. The van der Waals surface area contributed by atoms with Gasteiger partial charge in [0.05, 0.1) is 0 Å². The maximum Gasteiger partial charge on any atom is 0.322 e. The van der Waals surface area contributed by atoms with E-state index in [1.165, 1.54) is 19.3 Å². The minimum absolute atomic E-state index is 0.430. The molecule has 2 N–H and O–H groups in total. The number of hydrogen-bond donors (Lipinski definition) is 2. The third-order valence-electron chi connectivity index (χ3n) is 3.27. The van der Waals surface area contributed by atoms with Crippen LogP contribution in [0.15, 0.2) is 0 Å². The number of carbonyl (C=O) groups is 1. The van der Waals surface area contributed by atoms with Gasteiger partial charge >= 0.3 is 5.97 Å². The van der Waals surface area contributed by atoms with Gasteiger partial charge in [0.15, 0.2) is 0 Å². The highest BCUT2D eigenvalue weighted by molar-refractivity contribution is 5.73. The molecular formula is C11H22N2O2. The van der Waals surface area contributed by atoms with Crippen LogP contribution in [0.1, 0.15) is 26.2 Å². The fourth-order valence-electron chi connectivity index (χ4n) is 2.20. The molecule has 0 aromatic carbocycles. The van der Waals surface area contributed by atoms with Gasteiger partial charge in [-0.25, -0.2) is 0 Å². The number of rotatable bonds is 5. The molecule has 0 amide bonds. The molecular weight excluding hydrogens is 192 g/mol. The predicted octanol–water partition coefficient (Wildman–Crippen LogP) is 0.781. The van der Waals surface area contributed by atoms with E-state index in [-0.39, 0.29) is 0 Å². The molecule has 0 aliphatic carbocycles. The molecule has 15 heavy (non-hydrogen) atoms. The van der Waals surface area contributed by atoms with Gasteiger partial charge < -0.3 is 15.3 Å². The second kappa shape index (κ2) is 6.08. The van der Waals surface area contributed by atoms with Crippen LogP contribution in [-0.4, -0.2) is 48.7 Å². The average Bonchev–Trinajstić information content (AvgIpc) is 2.25. The van der Waals surface area contributed by atoms with Gasteiger partial charge in [-0.3, -0.25) is 4.79 Å². The highest BCUT2D eigenvalue weighted by Crippen LogP contribution is 2.18. The van der Waals surface area contributed by atoms with E-state index in [0.29, 0.717) is 6.54 Å². The van der Waals surface area contributed by atoms with Crippen LogP contribution in [0.4, 0.5) is 0 Å². The number of carboxylic acid groups (broad SMARTS) is 1. The molecule has 4 heteroatoms. The number of nitrogens with one attached hydrogen (secondary N) is 1. The predicted molar refractivity (Wildman–Crippen MR) is 59.9 cm³/mol. The number of carboxylic acids is 1. The largest absolute Gasteiger partial charge is 0.480 e. The van der Waals surface area contributed by atoms with Crippen molar-refractivity contribution in [3.63, 3.8) is 0 Å². The second-order valence-electron chi connectivity index (χ2n) is 4.36. The standard InChI is InChI=1S/C11H22N2O2/c1-3-9-5-4-6-13(7-9)8-10(12-2)11(14)15/h9-10,12H,3-8H2,1-2H3,(H,14,15). The van der Waals surface area contributed by atoms with E-state index in [0.717, 1.165) is 19.0 Å². The van der Waals surface area contributed by atoms with Gasteiger partial charge in [0.25, 0.3) is 0 Å². The molecule has 1 aliphatic rings. The van der Waals surface area contributed by atoms with Crippen LogP contribution in [0.3, 0.4) is 0 Å². The number of hydrogen-bond acceptors (Lipinski definition) is 3. The van der Waals surface area contributed by atoms with Gasteiger partial charge in [-0.2, -0.15) is 0 Å². The van der Waals surface area contributed by atoms with Crippen molar-refractivity contribution >= 4 is 5.97 Å². The number of aliphatic carboxylic acids is 1. The molecule has 0 bridgehead atoms. The maximum absolute atomic E-state index is 10.9. The Hall–Kier alpha value is -0.610. The van der Waals surface area contributed by atoms with Crippen LogP contribution >= 0.6 is 0 Å². The molecule has 0 radical (unpaired) electrons. The molecule has 1 fully saturated rings. The van der Waals surface area contributed by atoms with Gasteiger partial charge in [0.2, 0.25) is 0 Å². The van der Waals surface area contributed by atoms with Gasteiger partial charge in [0.1, 0.15) is 6.04 Å². The Balaban J connectivity index is 2.39. The molecule has 0 aromatic rings. The lowest BCUT2D eigenvalue weighted by Gasteiger charge is -2.33. The Morgan fingerprint density at radius 1 is 1.67 bits per heavy atom. The topological polar surface area (TPSA) is 52.6 Å². The first-order chi connectivity index (χ1) is 7.17. The quantitative estimate of drug-likeness (QED) is 0.710. The van der Waals surface area contributed by atoms with Crippen molar-refractivity contribution in [1.82, 2.24) is 10.2 Å². The van der Waals surface area contributed by atoms with Crippen LogP contribution < -0.4 is 5.32 Å². The van der Waals surface area contributed by atoms with Gasteiger partial charge in [-0.1, -0.05) is 13.3 Å². The Kier molecular flexibility index (Phi) is 5.05. The van der Waals surface area contributed by atoms with Crippen LogP contribution in [0, 0.1) is 5.92 Å². The summed E-state index contributed by atoms with van der Waals surface area (Å²) in [5, 5.41) is 11.8. The number of likely N-dealkylation sites (tertiary alicyclic amines) is 1. The molecule has 1 aliphatic heterocycles. The summed E-state index contributed by atoms with van der Waals surface area (Å²) in [4.78, 5) is 13.1. The number of nitrogens with zero attached hydrogens (tertiary/aromatic N) is 1. The first kappa shape index (κ1) is 12.5. The highest BCUT2D eigenvalue weighted by atomic mass is 16.4. The Labute approximate surface area is 91.6 Å². The Bertz CT molecular complexity index is 209. The lowest BCUT2D eigenvalue weighted by atomic mass is 9.95. The Morgan fingerprint density at radius 2 is 2.40 bits per heavy atom. The normalized spacial score (nSPS) is 25.1. The van der Waals surface area contributed by atoms with Crippen molar-refractivity contribution in [2.45, 2.75) is 32.2 Å². The van der Waals surface area contributed by atoms with E-state index in [1.54, 1.807) is 7.05 Å². The van der Waals surface area contributed by atoms with Crippen molar-refractivity contribution in [1.29, 1.82) is 0 Å². The average molecular weight is 214 g/mol. The van der Waals surface area contributed by atoms with E-state index < -0.39 is 12.0 Å². The molecule has 0 aromatic heterocycles. The fourth-order valence-corrected chi connectivity index (χ4v) is 2.20. The zero-order valence-corrected chi connectivity index (χ0v) is 9.70. The van der Waals surface area contributed by atoms with Crippen molar-refractivity contribution in [3.8, 4) is 0 Å². The van der Waals surface area contributed by atoms with E-state index in [9.17, 15) is 4.79 Å². The molecule has 2 unspecified atom stereocenters. The zero-order chi connectivity index (χ0) is 11.3. The summed E-state index contributed by atoms with van der Waals surface area (Å²) in [6.45, 7) is 4.94. The fraction of sp³-hybridized carbons (Fsp3) is 0.909. The summed E-state index contributed by atoms with van der Waals surface area (Å²) in [5.74, 6) is 0.00109. The van der Waals surface area contributed by atoms with E-state index in [4.69, 9.17) is 5.11 Å². The molecule has 2 atom stereocenters. The minimum Gasteiger partial charge on any atom is -0.480 e. The summed E-state index contributed by atoms with van der Waals surface area (Å²) in [5.41, 5.74) is 0. The molecule has 88 valence electrons. The van der Waals surface area contributed by atoms with Gasteiger partial charge in [-0.05, 0) is 32.4 Å². The zero-order valence-electron chi connectivity index (χ0n) is 9.70. The summed E-state index contributed by atoms with van der Waals surface area (Å²) >= 11 is 0. The Morgan fingerprint density at radius 3 is 2.93 bits per heavy atom. The molecule has 0 saturated carbocycles. The SMILES string of the molecule is CCC1CCCN(CC(NC)C(=O)O)C1. The van der Waals surface area contributed by atoms with Gasteiger partial charge in [0, 0.05) is 13.1 Å². The van der Waals surface area contributed by atoms with E-state index in [1.807, 2.05) is 0 Å². The van der Waals surface area contributed by atoms with Crippen molar-refractivity contribution in [2.24, 2.45) is 5.92 Å². The maximum atomic E-state index is 10.9.